The molecular weight excluding hydrogens is 518 g/mol. The molecule has 0 saturated heterocycles. The van der Waals surface area contributed by atoms with Crippen molar-refractivity contribution in [1.29, 1.82) is 0 Å². The van der Waals surface area contributed by atoms with Crippen LogP contribution in [0.3, 0.4) is 0 Å². The van der Waals surface area contributed by atoms with Crippen molar-refractivity contribution in [2.24, 2.45) is 15.9 Å². The van der Waals surface area contributed by atoms with Crippen LogP contribution in [0.5, 0.6) is 0 Å². The van der Waals surface area contributed by atoms with E-state index in [2.05, 4.69) is 36.5 Å². The van der Waals surface area contributed by atoms with E-state index in [0.717, 1.165) is 15.6 Å². The maximum absolute atomic E-state index is 13.4. The number of halogens is 2. The smallest absolute Gasteiger partial charge is 0.302 e. The molecule has 2 atom stereocenters. The predicted octanol–water partition coefficient (Wildman–Crippen LogP) is 6.48. The standard InChI is InChI=1S/C25H19BrClN5O2/c1-14-21(23(33)29-16-12-10-15(27)11-13-16)22(17-6-2-3-7-18(17)26)31-24(28-14)32-25-30-19-8-4-5-9-20(19)34-25/h2-13,21-22H,1H3,(H,29,33)(H,30,31,32). The Balaban J connectivity index is 1.48. The van der Waals surface area contributed by atoms with Crippen LogP contribution in [0.15, 0.2) is 91.7 Å². The Labute approximate surface area is 209 Å². The van der Waals surface area contributed by atoms with Gasteiger partial charge < -0.3 is 9.73 Å². The number of guanidine groups is 1. The molecule has 0 saturated carbocycles. The summed E-state index contributed by atoms with van der Waals surface area (Å²) in [7, 11) is 0. The Morgan fingerprint density at radius 2 is 1.76 bits per heavy atom. The lowest BCUT2D eigenvalue weighted by Crippen LogP contribution is -2.37. The first-order chi connectivity index (χ1) is 16.5. The fraction of sp³-hybridized carbons (Fsp3) is 0.120. The molecule has 4 aromatic rings. The van der Waals surface area contributed by atoms with Crippen molar-refractivity contribution in [2.45, 2.75) is 13.0 Å². The molecule has 0 spiro atoms. The van der Waals surface area contributed by atoms with Crippen molar-refractivity contribution in [3.05, 3.63) is 87.9 Å². The van der Waals surface area contributed by atoms with E-state index in [1.54, 1.807) is 24.3 Å². The summed E-state index contributed by atoms with van der Waals surface area (Å²) in [5.41, 5.74) is 3.51. The molecule has 0 radical (unpaired) electrons. The minimum Gasteiger partial charge on any atom is -0.423 e. The summed E-state index contributed by atoms with van der Waals surface area (Å²) in [6.45, 7) is 1.82. The van der Waals surface area contributed by atoms with Gasteiger partial charge in [0.25, 0.3) is 0 Å². The summed E-state index contributed by atoms with van der Waals surface area (Å²) in [6.07, 6.45) is 0. The highest BCUT2D eigenvalue weighted by Gasteiger charge is 2.36. The van der Waals surface area contributed by atoms with Gasteiger partial charge in [0.1, 0.15) is 11.4 Å². The SMILES string of the molecule is CC1=NC(Nc2nc3ccccc3o2)=NC(c2ccccc2Br)C1C(=O)Nc1ccc(Cl)cc1. The average Bonchev–Trinajstić information content (AvgIpc) is 3.22. The summed E-state index contributed by atoms with van der Waals surface area (Å²) in [5.74, 6) is -0.516. The van der Waals surface area contributed by atoms with Crippen LogP contribution in [0.2, 0.25) is 5.02 Å². The summed E-state index contributed by atoms with van der Waals surface area (Å²) < 4.78 is 6.61. The molecule has 170 valence electrons. The Morgan fingerprint density at radius 3 is 2.53 bits per heavy atom. The molecule has 9 heteroatoms. The third kappa shape index (κ3) is 4.60. The van der Waals surface area contributed by atoms with Gasteiger partial charge in [-0.2, -0.15) is 4.98 Å². The zero-order valence-electron chi connectivity index (χ0n) is 18.0. The van der Waals surface area contributed by atoms with Crippen LogP contribution in [0.1, 0.15) is 18.5 Å². The Hall–Kier alpha value is -3.49. The van der Waals surface area contributed by atoms with Gasteiger partial charge in [-0.05, 0) is 55.0 Å². The first-order valence-corrected chi connectivity index (χ1v) is 11.7. The molecule has 1 aliphatic heterocycles. The zero-order chi connectivity index (χ0) is 23.7. The highest BCUT2D eigenvalue weighted by Crippen LogP contribution is 2.36. The number of hydrogen-bond acceptors (Lipinski definition) is 6. The van der Waals surface area contributed by atoms with Crippen molar-refractivity contribution < 1.29 is 9.21 Å². The van der Waals surface area contributed by atoms with Crippen molar-refractivity contribution in [1.82, 2.24) is 4.98 Å². The summed E-state index contributed by atoms with van der Waals surface area (Å²) in [6, 6.07) is 21.9. The Morgan fingerprint density at radius 1 is 1.03 bits per heavy atom. The van der Waals surface area contributed by atoms with Crippen molar-refractivity contribution in [3.63, 3.8) is 0 Å². The van der Waals surface area contributed by atoms with E-state index >= 15 is 0 Å². The third-order valence-electron chi connectivity index (χ3n) is 5.44. The predicted molar refractivity (Wildman–Crippen MR) is 139 cm³/mol. The second-order valence-electron chi connectivity index (χ2n) is 7.76. The summed E-state index contributed by atoms with van der Waals surface area (Å²) in [5, 5.41) is 6.61. The third-order valence-corrected chi connectivity index (χ3v) is 6.41. The van der Waals surface area contributed by atoms with Gasteiger partial charge in [-0.3, -0.25) is 10.1 Å². The molecule has 5 rings (SSSR count). The number of aromatic nitrogens is 1. The molecule has 1 amide bonds. The molecular formula is C25H19BrClN5O2. The van der Waals surface area contributed by atoms with Gasteiger partial charge in [-0.25, -0.2) is 9.98 Å². The van der Waals surface area contributed by atoms with Gasteiger partial charge in [-0.1, -0.05) is 57.9 Å². The van der Waals surface area contributed by atoms with Crippen molar-refractivity contribution in [2.75, 3.05) is 10.6 Å². The van der Waals surface area contributed by atoms with Gasteiger partial charge in [-0.15, -0.1) is 0 Å². The number of nitrogens with one attached hydrogen (secondary N) is 2. The molecule has 2 N–H and O–H groups in total. The second-order valence-corrected chi connectivity index (χ2v) is 9.05. The lowest BCUT2D eigenvalue weighted by Gasteiger charge is -2.28. The van der Waals surface area contributed by atoms with Gasteiger partial charge >= 0.3 is 6.01 Å². The minimum atomic E-state index is -0.622. The van der Waals surface area contributed by atoms with E-state index in [1.165, 1.54) is 0 Å². The maximum Gasteiger partial charge on any atom is 0.302 e. The number of anilines is 2. The van der Waals surface area contributed by atoms with Crippen LogP contribution in [0, 0.1) is 5.92 Å². The summed E-state index contributed by atoms with van der Waals surface area (Å²) in [4.78, 5) is 27.2. The quantitative estimate of drug-likeness (QED) is 0.312. The van der Waals surface area contributed by atoms with Crippen LogP contribution >= 0.6 is 27.5 Å². The van der Waals surface area contributed by atoms with Crippen molar-refractivity contribution in [3.8, 4) is 0 Å². The number of benzene rings is 3. The van der Waals surface area contributed by atoms with Crippen LogP contribution in [-0.2, 0) is 4.79 Å². The van der Waals surface area contributed by atoms with Crippen molar-refractivity contribution >= 4 is 67.9 Å². The molecule has 1 aromatic heterocycles. The van der Waals surface area contributed by atoms with Crippen LogP contribution in [0.25, 0.3) is 11.1 Å². The lowest BCUT2D eigenvalue weighted by atomic mass is 9.88. The van der Waals surface area contributed by atoms with Crippen LogP contribution in [-0.4, -0.2) is 22.6 Å². The number of para-hydroxylation sites is 2. The van der Waals surface area contributed by atoms with Gasteiger partial charge in [0.05, 0.1) is 6.04 Å². The van der Waals surface area contributed by atoms with E-state index in [0.29, 0.717) is 28.0 Å². The highest BCUT2D eigenvalue weighted by atomic mass is 79.9. The minimum absolute atomic E-state index is 0.214. The molecule has 7 nitrogen and oxygen atoms in total. The molecule has 1 aliphatic rings. The summed E-state index contributed by atoms with van der Waals surface area (Å²) >= 11 is 9.58. The number of oxazole rings is 1. The topological polar surface area (TPSA) is 91.9 Å². The van der Waals surface area contributed by atoms with Gasteiger partial charge in [0.15, 0.2) is 5.58 Å². The Kier molecular flexibility index (Phi) is 6.17. The molecule has 34 heavy (non-hydrogen) atoms. The first kappa shape index (κ1) is 22.3. The van der Waals surface area contributed by atoms with Crippen LogP contribution in [0.4, 0.5) is 11.7 Å². The molecule has 2 unspecified atom stereocenters. The Bertz CT molecular complexity index is 1400. The monoisotopic (exact) mass is 535 g/mol. The van der Waals surface area contributed by atoms with E-state index in [-0.39, 0.29) is 11.9 Å². The number of aliphatic imine (C=N–C) groups is 2. The number of carbonyl (C=O) groups excluding carboxylic acids is 1. The largest absolute Gasteiger partial charge is 0.423 e. The number of fused-ring (bicyclic) bond motifs is 1. The molecule has 2 heterocycles. The number of amides is 1. The van der Waals surface area contributed by atoms with Gasteiger partial charge in [0, 0.05) is 20.9 Å². The van der Waals surface area contributed by atoms with E-state index in [4.69, 9.17) is 21.0 Å². The first-order valence-electron chi connectivity index (χ1n) is 10.5. The number of nitrogens with zero attached hydrogens (tertiary/aromatic N) is 3. The lowest BCUT2D eigenvalue weighted by molar-refractivity contribution is -0.118. The molecule has 0 aliphatic carbocycles. The normalized spacial score (nSPS) is 17.7. The molecule has 3 aromatic carbocycles. The number of carbonyl (C=O) groups is 1. The van der Waals surface area contributed by atoms with E-state index < -0.39 is 12.0 Å². The van der Waals surface area contributed by atoms with Gasteiger partial charge in [0.2, 0.25) is 11.9 Å². The average molecular weight is 537 g/mol. The fourth-order valence-electron chi connectivity index (χ4n) is 3.83. The number of rotatable bonds is 4. The van der Waals surface area contributed by atoms with Crippen LogP contribution < -0.4 is 10.6 Å². The highest BCUT2D eigenvalue weighted by molar-refractivity contribution is 9.10. The number of hydrogen-bond donors (Lipinski definition) is 2. The molecule has 0 bridgehead atoms. The fourth-order valence-corrected chi connectivity index (χ4v) is 4.48. The zero-order valence-corrected chi connectivity index (χ0v) is 20.3. The maximum atomic E-state index is 13.4. The van der Waals surface area contributed by atoms with E-state index in [9.17, 15) is 4.79 Å². The van der Waals surface area contributed by atoms with E-state index in [1.807, 2.05) is 55.5 Å². The molecule has 0 fully saturated rings. The second kappa shape index (κ2) is 9.40.